The van der Waals surface area contributed by atoms with E-state index in [1.807, 2.05) is 0 Å². The first-order valence-electron chi connectivity index (χ1n) is 8.54. The van der Waals surface area contributed by atoms with Crippen LogP contribution in [0.4, 0.5) is 20.2 Å². The van der Waals surface area contributed by atoms with Gasteiger partial charge in [-0.15, -0.1) is 0 Å². The van der Waals surface area contributed by atoms with Crippen molar-refractivity contribution in [3.05, 3.63) is 90.1 Å². The first-order chi connectivity index (χ1) is 14.3. The summed E-state index contributed by atoms with van der Waals surface area (Å²) in [6.07, 6.45) is 6.36. The van der Waals surface area contributed by atoms with E-state index >= 15 is 0 Å². The summed E-state index contributed by atoms with van der Waals surface area (Å²) in [5.41, 5.74) is -0.446. The third-order valence-corrected chi connectivity index (χ3v) is 4.83. The van der Waals surface area contributed by atoms with Crippen molar-refractivity contribution in [3.63, 3.8) is 0 Å². The van der Waals surface area contributed by atoms with Crippen LogP contribution in [-0.2, 0) is 15.8 Å². The van der Waals surface area contributed by atoms with Crippen molar-refractivity contribution in [2.24, 2.45) is 0 Å². The second kappa shape index (κ2) is 10.3. The smallest absolute Gasteiger partial charge is 0.338 e. The zero-order valence-electron chi connectivity index (χ0n) is 15.8. The third kappa shape index (κ3) is 5.71. The molecule has 0 spiro atoms. The van der Waals surface area contributed by atoms with E-state index in [9.17, 15) is 22.6 Å². The average Bonchev–Trinajstić information content (AvgIpc) is 2.70. The molecule has 30 heavy (non-hydrogen) atoms. The summed E-state index contributed by atoms with van der Waals surface area (Å²) in [5.74, 6) is -4.20. The normalized spacial score (nSPS) is 12.4. The van der Waals surface area contributed by atoms with E-state index < -0.39 is 39.8 Å². The number of hydrogen-bond donors (Lipinski definition) is 3. The summed E-state index contributed by atoms with van der Waals surface area (Å²) in [6.45, 7) is 5.32. The molecule has 1 atom stereocenters. The number of aromatic carboxylic acids is 1. The van der Waals surface area contributed by atoms with E-state index in [1.54, 1.807) is 25.2 Å². The maximum absolute atomic E-state index is 14.0. The van der Waals surface area contributed by atoms with Crippen molar-refractivity contribution in [2.75, 3.05) is 10.0 Å². The number of anilines is 2. The van der Waals surface area contributed by atoms with Crippen molar-refractivity contribution in [1.82, 2.24) is 0 Å². The monoisotopic (exact) mass is 432 g/mol. The third-order valence-electron chi connectivity index (χ3n) is 3.72. The number of rotatable bonds is 8. The molecule has 2 aromatic carbocycles. The minimum atomic E-state index is -1.96. The molecule has 2 rings (SSSR count). The zero-order valence-corrected chi connectivity index (χ0v) is 16.6. The van der Waals surface area contributed by atoms with E-state index in [2.05, 4.69) is 16.6 Å². The van der Waals surface area contributed by atoms with Crippen molar-refractivity contribution in [1.29, 1.82) is 0 Å². The fourth-order valence-electron chi connectivity index (χ4n) is 2.33. The number of carboxylic acids is 1. The highest BCUT2D eigenvalue weighted by Gasteiger charge is 2.17. The molecular formula is C21H18F2N2O4S. The molecular weight excluding hydrogens is 414 g/mol. The van der Waals surface area contributed by atoms with Crippen LogP contribution in [0.25, 0.3) is 0 Å². The average molecular weight is 432 g/mol. The van der Waals surface area contributed by atoms with Crippen molar-refractivity contribution >= 4 is 34.2 Å². The van der Waals surface area contributed by atoms with Crippen LogP contribution >= 0.6 is 0 Å². The Kier molecular flexibility index (Phi) is 7.76. The number of carbonyl (C=O) groups is 2. The molecule has 1 amide bonds. The molecule has 0 saturated heterocycles. The Morgan fingerprint density at radius 1 is 1.13 bits per heavy atom. The largest absolute Gasteiger partial charge is 0.478 e. The van der Waals surface area contributed by atoms with Gasteiger partial charge in [0.1, 0.15) is 22.6 Å². The van der Waals surface area contributed by atoms with Crippen LogP contribution in [0.3, 0.4) is 0 Å². The summed E-state index contributed by atoms with van der Waals surface area (Å²) >= 11 is 0. The van der Waals surface area contributed by atoms with E-state index in [0.29, 0.717) is 23.4 Å². The van der Waals surface area contributed by atoms with Crippen LogP contribution in [0.15, 0.2) is 77.7 Å². The lowest BCUT2D eigenvalue weighted by Crippen LogP contribution is -2.13. The molecule has 6 nitrogen and oxygen atoms in total. The molecule has 0 aliphatic rings. The second-order valence-electron chi connectivity index (χ2n) is 5.82. The van der Waals surface area contributed by atoms with E-state index in [1.165, 1.54) is 30.3 Å². The summed E-state index contributed by atoms with van der Waals surface area (Å²) in [7, 11) is -1.96. The molecule has 0 aliphatic heterocycles. The number of carbonyl (C=O) groups excluding carboxylic acids is 1. The highest BCUT2D eigenvalue weighted by Crippen LogP contribution is 2.22. The summed E-state index contributed by atoms with van der Waals surface area (Å²) in [5, 5.41) is 11.5. The molecule has 1 unspecified atom stereocenters. The minimum Gasteiger partial charge on any atom is -0.478 e. The maximum Gasteiger partial charge on any atom is 0.338 e. The van der Waals surface area contributed by atoms with Crippen LogP contribution in [-0.4, -0.2) is 21.2 Å². The number of carboxylic acid groups (broad SMARTS) is 1. The van der Waals surface area contributed by atoms with Crippen LogP contribution < -0.4 is 10.0 Å². The topological polar surface area (TPSA) is 95.5 Å². The van der Waals surface area contributed by atoms with Crippen LogP contribution in [0.2, 0.25) is 0 Å². The highest BCUT2D eigenvalue weighted by molar-refractivity contribution is 7.86. The number of hydrogen-bond acceptors (Lipinski definition) is 3. The fourth-order valence-corrected chi connectivity index (χ4v) is 3.18. The Hall–Kier alpha value is -3.59. The van der Waals surface area contributed by atoms with E-state index in [4.69, 9.17) is 5.11 Å². The quantitative estimate of drug-likeness (QED) is 0.425. The van der Waals surface area contributed by atoms with Gasteiger partial charge in [0, 0.05) is 17.3 Å². The van der Waals surface area contributed by atoms with E-state index in [-0.39, 0.29) is 10.8 Å². The molecule has 156 valence electrons. The predicted molar refractivity (Wildman–Crippen MR) is 112 cm³/mol. The Bertz CT molecular complexity index is 1060. The van der Waals surface area contributed by atoms with Gasteiger partial charge in [-0.25, -0.2) is 17.8 Å². The number of nitrogens with one attached hydrogen (secondary N) is 2. The molecule has 0 aromatic heterocycles. The summed E-state index contributed by atoms with van der Waals surface area (Å²) < 4.78 is 42.4. The molecule has 0 fully saturated rings. The predicted octanol–water partition coefficient (Wildman–Crippen LogP) is 4.42. The van der Waals surface area contributed by atoms with Gasteiger partial charge >= 0.3 is 5.97 Å². The van der Waals surface area contributed by atoms with Gasteiger partial charge < -0.3 is 10.4 Å². The lowest BCUT2D eigenvalue weighted by Gasteiger charge is -2.10. The summed E-state index contributed by atoms with van der Waals surface area (Å²) in [6, 6.07) is 7.00. The number of halogens is 2. The fraction of sp³-hybridized carbons (Fsp3) is 0.0476. The standard InChI is InChI=1S/C21H18F2N2O4S/c1-3-5-13(6-4-2)20(26)24-14-7-9-15(10-8-14)30(29)25-19-12-17(22)16(21(27)28)11-18(19)23/h3-12,25H,1H2,2H3,(H,24,26)(H,27,28)/b6-4-,13-5+. The molecule has 2 aromatic rings. The lowest BCUT2D eigenvalue weighted by molar-refractivity contribution is -0.112. The molecule has 0 radical (unpaired) electrons. The lowest BCUT2D eigenvalue weighted by atomic mass is 10.2. The molecule has 0 saturated carbocycles. The Morgan fingerprint density at radius 2 is 1.80 bits per heavy atom. The zero-order chi connectivity index (χ0) is 22.3. The number of amides is 1. The molecule has 0 bridgehead atoms. The van der Waals surface area contributed by atoms with Gasteiger partial charge in [-0.2, -0.15) is 0 Å². The van der Waals surface area contributed by atoms with Gasteiger partial charge in [-0.1, -0.05) is 30.9 Å². The van der Waals surface area contributed by atoms with Gasteiger partial charge in [-0.3, -0.25) is 9.52 Å². The summed E-state index contributed by atoms with van der Waals surface area (Å²) in [4.78, 5) is 23.3. The van der Waals surface area contributed by atoms with Gasteiger partial charge in [0.05, 0.1) is 16.1 Å². The Labute approximate surface area is 174 Å². The molecule has 9 heteroatoms. The first kappa shape index (κ1) is 22.7. The van der Waals surface area contributed by atoms with Crippen LogP contribution in [0, 0.1) is 11.6 Å². The van der Waals surface area contributed by atoms with Crippen molar-refractivity contribution < 1.29 is 27.7 Å². The van der Waals surface area contributed by atoms with Crippen LogP contribution in [0.1, 0.15) is 17.3 Å². The Balaban J connectivity index is 2.13. The molecule has 0 heterocycles. The Morgan fingerprint density at radius 3 is 2.37 bits per heavy atom. The first-order valence-corrected chi connectivity index (χ1v) is 9.69. The highest BCUT2D eigenvalue weighted by atomic mass is 32.2. The molecule has 3 N–H and O–H groups in total. The molecule has 0 aliphatic carbocycles. The van der Waals surface area contributed by atoms with Gasteiger partial charge in [0.25, 0.3) is 5.91 Å². The maximum atomic E-state index is 14.0. The van der Waals surface area contributed by atoms with Crippen molar-refractivity contribution in [3.8, 4) is 0 Å². The SMILES string of the molecule is C=C/C=C(\C=C/C)C(=O)Nc1ccc(S(=O)Nc2cc(F)c(C(=O)O)cc2F)cc1. The van der Waals surface area contributed by atoms with Gasteiger partial charge in [-0.05, 0) is 37.3 Å². The van der Waals surface area contributed by atoms with Crippen LogP contribution in [0.5, 0.6) is 0 Å². The number of benzene rings is 2. The van der Waals surface area contributed by atoms with Gasteiger partial charge in [0.2, 0.25) is 0 Å². The minimum absolute atomic E-state index is 0.227. The second-order valence-corrected chi connectivity index (χ2v) is 7.04. The van der Waals surface area contributed by atoms with E-state index in [0.717, 1.165) is 0 Å². The van der Waals surface area contributed by atoms with Gasteiger partial charge in [0.15, 0.2) is 0 Å². The van der Waals surface area contributed by atoms with Crippen molar-refractivity contribution in [2.45, 2.75) is 11.8 Å². The number of allylic oxidation sites excluding steroid dienone is 3.